The average molecular weight is 500 g/mol. The Labute approximate surface area is 215 Å². The van der Waals surface area contributed by atoms with Crippen LogP contribution in [0.1, 0.15) is 59.8 Å². The van der Waals surface area contributed by atoms with Crippen molar-refractivity contribution < 1.29 is 29.0 Å². The third-order valence-corrected chi connectivity index (χ3v) is 6.33. The minimum atomic E-state index is -0.862. The van der Waals surface area contributed by atoms with Crippen LogP contribution in [0.3, 0.4) is 0 Å². The summed E-state index contributed by atoms with van der Waals surface area (Å²) in [5.41, 5.74) is 2.69. The first-order valence-corrected chi connectivity index (χ1v) is 12.1. The molecule has 0 spiro atoms. The number of benzene rings is 3. The van der Waals surface area contributed by atoms with Crippen LogP contribution in [0.15, 0.2) is 78.4 Å². The van der Waals surface area contributed by atoms with Crippen LogP contribution in [0.25, 0.3) is 5.76 Å². The number of Topliss-reactive ketones (excluding diaryl/α,β-unsaturated/α-hetero) is 1. The molecule has 1 fully saturated rings. The fraction of sp³-hybridized carbons (Fsp3) is 0.233. The predicted molar refractivity (Wildman–Crippen MR) is 141 cm³/mol. The quantitative estimate of drug-likeness (QED) is 0.196. The molecule has 7 heteroatoms. The summed E-state index contributed by atoms with van der Waals surface area (Å²) in [5, 5.41) is 11.5. The van der Waals surface area contributed by atoms with E-state index in [4.69, 9.17) is 9.47 Å². The Hall–Kier alpha value is -4.39. The van der Waals surface area contributed by atoms with Gasteiger partial charge in [-0.15, -0.1) is 0 Å². The Balaban J connectivity index is 1.88. The van der Waals surface area contributed by atoms with Crippen molar-refractivity contribution in [3.8, 4) is 5.75 Å². The summed E-state index contributed by atoms with van der Waals surface area (Å²) in [4.78, 5) is 40.0. The summed E-state index contributed by atoms with van der Waals surface area (Å²) in [6.07, 6.45) is 0. The number of carbonyl (C=O) groups excluding carboxylic acids is 3. The zero-order valence-electron chi connectivity index (χ0n) is 21.2. The molecule has 1 unspecified atom stereocenters. The lowest BCUT2D eigenvalue weighted by Crippen LogP contribution is -2.29. The lowest BCUT2D eigenvalue weighted by Gasteiger charge is -2.25. The van der Waals surface area contributed by atoms with Crippen molar-refractivity contribution in [3.63, 3.8) is 0 Å². The molecule has 0 radical (unpaired) electrons. The van der Waals surface area contributed by atoms with Gasteiger partial charge in [0.1, 0.15) is 11.5 Å². The van der Waals surface area contributed by atoms with E-state index in [9.17, 15) is 19.5 Å². The highest BCUT2D eigenvalue weighted by Crippen LogP contribution is 2.42. The van der Waals surface area contributed by atoms with E-state index in [2.05, 4.69) is 0 Å². The van der Waals surface area contributed by atoms with Gasteiger partial charge in [-0.2, -0.15) is 0 Å². The number of aliphatic hydroxyl groups is 1. The molecule has 3 aromatic rings. The van der Waals surface area contributed by atoms with Crippen LogP contribution >= 0.6 is 0 Å². The Morgan fingerprint density at radius 2 is 1.62 bits per heavy atom. The Morgan fingerprint density at radius 3 is 2.22 bits per heavy atom. The standard InChI is InChI=1S/C30H29NO6/c1-5-37-24-16-13-21(17-23(24)18(2)3)27(32)25-26(19-9-7-6-8-10-19)31(29(34)28(25)33)22-14-11-20(12-15-22)30(35)36-4/h6-18,26,32H,5H2,1-4H3/b27-25-. The number of rotatable bonds is 7. The fourth-order valence-corrected chi connectivity index (χ4v) is 4.51. The molecule has 1 aliphatic heterocycles. The molecule has 1 saturated heterocycles. The Bertz CT molecular complexity index is 1360. The average Bonchev–Trinajstić information content (AvgIpc) is 3.18. The van der Waals surface area contributed by atoms with Crippen molar-refractivity contribution >= 4 is 29.1 Å². The first-order chi connectivity index (χ1) is 17.8. The first-order valence-electron chi connectivity index (χ1n) is 12.1. The van der Waals surface area contributed by atoms with Crippen LogP contribution in [0.4, 0.5) is 5.69 Å². The second kappa shape index (κ2) is 10.7. The van der Waals surface area contributed by atoms with Gasteiger partial charge in [-0.1, -0.05) is 44.2 Å². The summed E-state index contributed by atoms with van der Waals surface area (Å²) >= 11 is 0. The zero-order valence-corrected chi connectivity index (χ0v) is 21.2. The van der Waals surface area contributed by atoms with Crippen LogP contribution in [-0.2, 0) is 14.3 Å². The molecule has 3 aromatic carbocycles. The van der Waals surface area contributed by atoms with Crippen molar-refractivity contribution in [2.24, 2.45) is 0 Å². The minimum Gasteiger partial charge on any atom is -0.507 e. The maximum Gasteiger partial charge on any atom is 0.337 e. The number of methoxy groups -OCH3 is 1. The lowest BCUT2D eigenvalue weighted by molar-refractivity contribution is -0.132. The monoisotopic (exact) mass is 499 g/mol. The molecule has 0 saturated carbocycles. The van der Waals surface area contributed by atoms with Crippen molar-refractivity contribution in [3.05, 3.63) is 101 Å². The van der Waals surface area contributed by atoms with Gasteiger partial charge >= 0.3 is 5.97 Å². The summed E-state index contributed by atoms with van der Waals surface area (Å²) in [7, 11) is 1.29. The number of nitrogens with zero attached hydrogens (tertiary/aromatic N) is 1. The van der Waals surface area contributed by atoms with Crippen molar-refractivity contribution in [1.82, 2.24) is 0 Å². The van der Waals surface area contributed by atoms with E-state index in [0.29, 0.717) is 34.7 Å². The van der Waals surface area contributed by atoms with Gasteiger partial charge in [0.05, 0.1) is 30.9 Å². The number of hydrogen-bond donors (Lipinski definition) is 1. The molecule has 7 nitrogen and oxygen atoms in total. The van der Waals surface area contributed by atoms with Crippen LogP contribution in [0.2, 0.25) is 0 Å². The molecule has 1 aliphatic rings. The highest BCUT2D eigenvalue weighted by atomic mass is 16.5. The van der Waals surface area contributed by atoms with Gasteiger partial charge < -0.3 is 14.6 Å². The van der Waals surface area contributed by atoms with Gasteiger partial charge in [-0.25, -0.2) is 4.79 Å². The van der Waals surface area contributed by atoms with Crippen LogP contribution in [0.5, 0.6) is 5.75 Å². The largest absolute Gasteiger partial charge is 0.507 e. The number of ether oxygens (including phenoxy) is 2. The number of aliphatic hydroxyl groups excluding tert-OH is 1. The number of esters is 1. The fourth-order valence-electron chi connectivity index (χ4n) is 4.51. The molecule has 0 bridgehead atoms. The smallest absolute Gasteiger partial charge is 0.337 e. The van der Waals surface area contributed by atoms with E-state index >= 15 is 0 Å². The van der Waals surface area contributed by atoms with Gasteiger partial charge in [-0.3, -0.25) is 14.5 Å². The number of hydrogen-bond acceptors (Lipinski definition) is 6. The van der Waals surface area contributed by atoms with E-state index in [1.165, 1.54) is 24.1 Å². The second-order valence-corrected chi connectivity index (χ2v) is 8.96. The third kappa shape index (κ3) is 4.85. The normalized spacial score (nSPS) is 16.8. The van der Waals surface area contributed by atoms with Crippen LogP contribution in [-0.4, -0.2) is 36.5 Å². The maximum atomic E-state index is 13.4. The van der Waals surface area contributed by atoms with Crippen molar-refractivity contribution in [2.75, 3.05) is 18.6 Å². The second-order valence-electron chi connectivity index (χ2n) is 8.96. The zero-order chi connectivity index (χ0) is 26.7. The molecule has 190 valence electrons. The highest BCUT2D eigenvalue weighted by Gasteiger charge is 2.47. The topological polar surface area (TPSA) is 93.1 Å². The molecule has 37 heavy (non-hydrogen) atoms. The Morgan fingerprint density at radius 1 is 0.973 bits per heavy atom. The Kier molecular flexibility index (Phi) is 7.43. The summed E-state index contributed by atoms with van der Waals surface area (Å²) in [6, 6.07) is 19.7. The summed E-state index contributed by atoms with van der Waals surface area (Å²) in [5.74, 6) is -1.51. The first kappa shape index (κ1) is 25.7. The van der Waals surface area contributed by atoms with E-state index in [0.717, 1.165) is 5.56 Å². The number of ketones is 1. The van der Waals surface area contributed by atoms with Gasteiger partial charge in [0.25, 0.3) is 11.7 Å². The highest BCUT2D eigenvalue weighted by molar-refractivity contribution is 6.51. The number of carbonyl (C=O) groups is 3. The molecule has 1 heterocycles. The molecule has 0 aliphatic carbocycles. The minimum absolute atomic E-state index is 0.00731. The molecule has 1 atom stereocenters. The molecule has 4 rings (SSSR count). The lowest BCUT2D eigenvalue weighted by atomic mass is 9.93. The van der Waals surface area contributed by atoms with Gasteiger partial charge in [0.15, 0.2) is 0 Å². The van der Waals surface area contributed by atoms with Gasteiger partial charge in [-0.05, 0) is 66.4 Å². The van der Waals surface area contributed by atoms with Crippen LogP contribution < -0.4 is 9.64 Å². The maximum absolute atomic E-state index is 13.4. The molecule has 0 aromatic heterocycles. The van der Waals surface area contributed by atoms with Gasteiger partial charge in [0.2, 0.25) is 0 Å². The molecule has 1 N–H and O–H groups in total. The van der Waals surface area contributed by atoms with Gasteiger partial charge in [0, 0.05) is 11.3 Å². The molecular weight excluding hydrogens is 470 g/mol. The SMILES string of the molecule is CCOc1ccc(/C(O)=C2/C(=O)C(=O)N(c3ccc(C(=O)OC)cc3)C2c2ccccc2)cc1C(C)C. The van der Waals surface area contributed by atoms with Crippen LogP contribution in [0, 0.1) is 0 Å². The summed E-state index contributed by atoms with van der Waals surface area (Å²) in [6.45, 7) is 6.43. The number of anilines is 1. The number of amides is 1. The van der Waals surface area contributed by atoms with E-state index in [1.807, 2.05) is 39.0 Å². The van der Waals surface area contributed by atoms with E-state index in [-0.39, 0.29) is 17.3 Å². The third-order valence-electron chi connectivity index (χ3n) is 6.33. The predicted octanol–water partition coefficient (Wildman–Crippen LogP) is 5.62. The molecular formula is C30H29NO6. The summed E-state index contributed by atoms with van der Waals surface area (Å²) < 4.78 is 10.5. The van der Waals surface area contributed by atoms with E-state index in [1.54, 1.807) is 42.5 Å². The molecule has 1 amide bonds. The van der Waals surface area contributed by atoms with Crippen molar-refractivity contribution in [1.29, 1.82) is 0 Å². The van der Waals surface area contributed by atoms with E-state index < -0.39 is 23.7 Å². The van der Waals surface area contributed by atoms with Crippen molar-refractivity contribution in [2.45, 2.75) is 32.7 Å².